The van der Waals surface area contributed by atoms with Gasteiger partial charge in [0.05, 0.1) is 12.8 Å². The van der Waals surface area contributed by atoms with E-state index in [0.717, 1.165) is 22.4 Å². The van der Waals surface area contributed by atoms with Crippen LogP contribution in [-0.4, -0.2) is 23.2 Å². The lowest BCUT2D eigenvalue weighted by Gasteiger charge is -2.11. The van der Waals surface area contributed by atoms with E-state index in [0.29, 0.717) is 35.1 Å². The van der Waals surface area contributed by atoms with Gasteiger partial charge in [0.1, 0.15) is 22.7 Å². The Hall–Kier alpha value is -3.68. The normalized spacial score (nSPS) is 10.3. The summed E-state index contributed by atoms with van der Waals surface area (Å²) in [6.45, 7) is 2.19. The van der Waals surface area contributed by atoms with Gasteiger partial charge in [-0.2, -0.15) is 0 Å². The van der Waals surface area contributed by atoms with E-state index in [-0.39, 0.29) is 18.3 Å². The molecule has 7 nitrogen and oxygen atoms in total. The number of rotatable bonds is 6. The molecule has 0 aliphatic heterocycles. The number of hydrogen-bond acceptors (Lipinski definition) is 6. The third-order valence-corrected chi connectivity index (χ3v) is 4.92. The molecule has 0 bridgehead atoms. The Labute approximate surface area is 192 Å². The lowest BCUT2D eigenvalue weighted by Crippen LogP contribution is -2.14. The predicted molar refractivity (Wildman–Crippen MR) is 126 cm³/mol. The number of carbonyl (C=O) groups excluding carboxylic acids is 1. The number of ether oxygens (including phenoxy) is 1. The van der Waals surface area contributed by atoms with E-state index in [1.165, 1.54) is 7.11 Å². The van der Waals surface area contributed by atoms with Crippen molar-refractivity contribution in [3.63, 3.8) is 0 Å². The highest BCUT2D eigenvalue weighted by Gasteiger charge is 2.23. The van der Waals surface area contributed by atoms with Crippen LogP contribution < -0.4 is 15.8 Å². The summed E-state index contributed by atoms with van der Waals surface area (Å²) in [5.74, 6) is 0.391. The molecule has 0 aliphatic rings. The van der Waals surface area contributed by atoms with Gasteiger partial charge in [-0.05, 0) is 24.6 Å². The molecule has 3 N–H and O–H groups in total. The molecular weight excluding hydrogens is 428 g/mol. The maximum Gasteiger partial charge on any atom is 0.261 e. The van der Waals surface area contributed by atoms with Crippen molar-refractivity contribution in [1.82, 2.24) is 10.1 Å². The van der Waals surface area contributed by atoms with E-state index in [1.54, 1.807) is 13.0 Å². The first-order chi connectivity index (χ1) is 15.1. The van der Waals surface area contributed by atoms with Crippen molar-refractivity contribution < 1.29 is 14.1 Å². The number of methoxy groups -OCH3 is 1. The number of nitrogens with zero attached hydrogens (tertiary/aromatic N) is 2. The third-order valence-electron chi connectivity index (χ3n) is 4.92. The molecule has 2 aromatic heterocycles. The van der Waals surface area contributed by atoms with Crippen LogP contribution in [-0.2, 0) is 6.54 Å². The molecule has 0 saturated heterocycles. The van der Waals surface area contributed by atoms with Gasteiger partial charge >= 0.3 is 0 Å². The Balaban J connectivity index is 0.00000289. The molecule has 4 rings (SSSR count). The number of halogens is 1. The number of amides is 1. The molecule has 32 heavy (non-hydrogen) atoms. The van der Waals surface area contributed by atoms with Gasteiger partial charge < -0.3 is 20.3 Å². The number of hydrogen-bond donors (Lipinski definition) is 2. The summed E-state index contributed by atoms with van der Waals surface area (Å²) in [7, 11) is 1.51. The molecule has 2 aromatic carbocycles. The molecule has 164 valence electrons. The molecule has 1 amide bonds. The zero-order valence-corrected chi connectivity index (χ0v) is 18.5. The van der Waals surface area contributed by atoms with Crippen LogP contribution >= 0.6 is 12.4 Å². The van der Waals surface area contributed by atoms with E-state index in [1.807, 2.05) is 60.7 Å². The molecule has 4 aromatic rings. The van der Waals surface area contributed by atoms with Crippen LogP contribution in [0.15, 0.2) is 71.3 Å². The second-order valence-electron chi connectivity index (χ2n) is 6.94. The lowest BCUT2D eigenvalue weighted by atomic mass is 10.1. The topological polar surface area (TPSA) is 103 Å². The monoisotopic (exact) mass is 450 g/mol. The fourth-order valence-electron chi connectivity index (χ4n) is 3.28. The Morgan fingerprint density at radius 1 is 1.03 bits per heavy atom. The Morgan fingerprint density at radius 3 is 2.41 bits per heavy atom. The highest BCUT2D eigenvalue weighted by atomic mass is 35.5. The number of carbonyl (C=O) groups is 1. The molecule has 0 fully saturated rings. The van der Waals surface area contributed by atoms with Crippen LogP contribution in [0.5, 0.6) is 5.88 Å². The van der Waals surface area contributed by atoms with Crippen molar-refractivity contribution in [2.45, 2.75) is 13.5 Å². The number of pyridine rings is 1. The molecular formula is C24H23ClN4O3. The van der Waals surface area contributed by atoms with Crippen molar-refractivity contribution in [1.29, 1.82) is 0 Å². The molecule has 0 spiro atoms. The van der Waals surface area contributed by atoms with Gasteiger partial charge in [0.15, 0.2) is 0 Å². The quantitative estimate of drug-likeness (QED) is 0.435. The fourth-order valence-corrected chi connectivity index (χ4v) is 3.28. The summed E-state index contributed by atoms with van der Waals surface area (Å²) in [6, 6.07) is 20.8. The van der Waals surface area contributed by atoms with Gasteiger partial charge in [-0.15, -0.1) is 12.4 Å². The molecule has 0 radical (unpaired) electrons. The summed E-state index contributed by atoms with van der Waals surface area (Å²) in [5, 5.41) is 6.94. The maximum absolute atomic E-state index is 13.1. The second kappa shape index (κ2) is 10.1. The van der Waals surface area contributed by atoms with Crippen molar-refractivity contribution in [2.24, 2.45) is 5.73 Å². The number of anilines is 1. The zero-order valence-electron chi connectivity index (χ0n) is 17.7. The number of aryl methyl sites for hydroxylation is 1. The van der Waals surface area contributed by atoms with E-state index in [9.17, 15) is 4.79 Å². The van der Waals surface area contributed by atoms with Gasteiger partial charge in [0.25, 0.3) is 5.91 Å². The minimum atomic E-state index is -0.349. The van der Waals surface area contributed by atoms with Crippen LogP contribution in [0.2, 0.25) is 0 Å². The van der Waals surface area contributed by atoms with Gasteiger partial charge in [0, 0.05) is 17.7 Å². The maximum atomic E-state index is 13.1. The summed E-state index contributed by atoms with van der Waals surface area (Å²) in [6.07, 6.45) is 0. The number of benzene rings is 2. The molecule has 8 heteroatoms. The minimum absolute atomic E-state index is 0. The van der Waals surface area contributed by atoms with Crippen LogP contribution in [0.25, 0.3) is 22.5 Å². The first-order valence-electron chi connectivity index (χ1n) is 9.78. The van der Waals surface area contributed by atoms with E-state index in [2.05, 4.69) is 15.5 Å². The largest absolute Gasteiger partial charge is 0.479 e. The van der Waals surface area contributed by atoms with Crippen molar-refractivity contribution in [3.05, 3.63) is 83.6 Å². The average molecular weight is 451 g/mol. The second-order valence-corrected chi connectivity index (χ2v) is 6.94. The Bertz CT molecular complexity index is 1210. The molecule has 0 saturated carbocycles. The Kier molecular flexibility index (Phi) is 7.25. The first-order valence-corrected chi connectivity index (χ1v) is 9.78. The average Bonchev–Trinajstić information content (AvgIpc) is 3.21. The van der Waals surface area contributed by atoms with Crippen molar-refractivity contribution in [3.8, 4) is 28.4 Å². The molecule has 0 atom stereocenters. The summed E-state index contributed by atoms with van der Waals surface area (Å²) < 4.78 is 10.7. The van der Waals surface area contributed by atoms with Crippen LogP contribution in [0.3, 0.4) is 0 Å². The standard InChI is InChI=1S/C24H22N4O3.ClH/c1-15-21(22(28-31-15)18-6-4-3-5-7-18)23(29)26-20-13-12-19(27-24(20)30-2)17-10-8-16(14-25)9-11-17;/h3-13H,14,25H2,1-2H3,(H,26,29);1H. The van der Waals surface area contributed by atoms with E-state index in [4.69, 9.17) is 15.0 Å². The third kappa shape index (κ3) is 4.64. The van der Waals surface area contributed by atoms with Crippen LogP contribution in [0.1, 0.15) is 21.7 Å². The fraction of sp³-hybridized carbons (Fsp3) is 0.125. The smallest absolute Gasteiger partial charge is 0.261 e. The van der Waals surface area contributed by atoms with Gasteiger partial charge in [-0.1, -0.05) is 59.8 Å². The van der Waals surface area contributed by atoms with Crippen molar-refractivity contribution in [2.75, 3.05) is 12.4 Å². The van der Waals surface area contributed by atoms with Gasteiger partial charge in [0.2, 0.25) is 5.88 Å². The zero-order chi connectivity index (χ0) is 21.8. The van der Waals surface area contributed by atoms with E-state index < -0.39 is 0 Å². The summed E-state index contributed by atoms with van der Waals surface area (Å²) in [5.41, 5.74) is 10.5. The predicted octanol–water partition coefficient (Wildman–Crippen LogP) is 4.85. The summed E-state index contributed by atoms with van der Waals surface area (Å²) >= 11 is 0. The number of nitrogens with one attached hydrogen (secondary N) is 1. The van der Waals surface area contributed by atoms with Gasteiger partial charge in [-0.3, -0.25) is 4.79 Å². The van der Waals surface area contributed by atoms with Crippen LogP contribution in [0, 0.1) is 6.92 Å². The number of nitrogens with two attached hydrogens (primary N) is 1. The molecule has 0 aliphatic carbocycles. The van der Waals surface area contributed by atoms with Crippen molar-refractivity contribution >= 4 is 24.0 Å². The van der Waals surface area contributed by atoms with Crippen LogP contribution in [0.4, 0.5) is 5.69 Å². The number of aromatic nitrogens is 2. The Morgan fingerprint density at radius 2 is 1.75 bits per heavy atom. The summed E-state index contributed by atoms with van der Waals surface area (Å²) in [4.78, 5) is 17.6. The molecule has 2 heterocycles. The molecule has 0 unspecified atom stereocenters. The van der Waals surface area contributed by atoms with E-state index >= 15 is 0 Å². The first kappa shape index (κ1) is 23.0. The lowest BCUT2D eigenvalue weighted by molar-refractivity contribution is 0.102. The minimum Gasteiger partial charge on any atom is -0.479 e. The van der Waals surface area contributed by atoms with Gasteiger partial charge in [-0.25, -0.2) is 4.98 Å². The highest BCUT2D eigenvalue weighted by Crippen LogP contribution is 2.30. The highest BCUT2D eigenvalue weighted by molar-refractivity contribution is 6.09. The SMILES string of the molecule is COc1nc(-c2ccc(CN)cc2)ccc1NC(=O)c1c(-c2ccccc2)noc1C.Cl.